The van der Waals surface area contributed by atoms with E-state index in [0.717, 1.165) is 35.7 Å². The van der Waals surface area contributed by atoms with Crippen molar-refractivity contribution in [2.45, 2.75) is 20.4 Å². The van der Waals surface area contributed by atoms with Gasteiger partial charge in [0.1, 0.15) is 11.4 Å². The van der Waals surface area contributed by atoms with Crippen molar-refractivity contribution >= 4 is 0 Å². The Hall–Kier alpha value is -1.75. The third-order valence-electron chi connectivity index (χ3n) is 2.58. The number of aryl methyl sites for hydroxylation is 2. The van der Waals surface area contributed by atoms with E-state index in [1.54, 1.807) is 12.4 Å². The molecule has 0 bridgehead atoms. The van der Waals surface area contributed by atoms with Gasteiger partial charge in [-0.3, -0.25) is 14.6 Å². The molecule has 90 valence electrons. The molecule has 0 aliphatic heterocycles. The molecule has 5 nitrogen and oxygen atoms in total. The van der Waals surface area contributed by atoms with Crippen LogP contribution in [0.25, 0.3) is 11.4 Å². The fourth-order valence-electron chi connectivity index (χ4n) is 1.77. The second-order valence-corrected chi connectivity index (χ2v) is 3.95. The summed E-state index contributed by atoms with van der Waals surface area (Å²) in [7, 11) is 1.92. The maximum atomic E-state index is 4.47. The first kappa shape index (κ1) is 11.7. The van der Waals surface area contributed by atoms with Crippen molar-refractivity contribution in [1.29, 1.82) is 0 Å². The Balaban J connectivity index is 2.41. The maximum absolute atomic E-state index is 4.47. The zero-order valence-corrected chi connectivity index (χ0v) is 10.4. The van der Waals surface area contributed by atoms with Crippen molar-refractivity contribution in [2.75, 3.05) is 6.54 Å². The lowest BCUT2D eigenvalue weighted by Crippen LogP contribution is -2.12. The van der Waals surface area contributed by atoms with E-state index in [2.05, 4.69) is 27.3 Å². The Morgan fingerprint density at radius 1 is 1.24 bits per heavy atom. The lowest BCUT2D eigenvalue weighted by molar-refractivity contribution is 0.724. The summed E-state index contributed by atoms with van der Waals surface area (Å²) in [6.45, 7) is 5.78. The summed E-state index contributed by atoms with van der Waals surface area (Å²) in [5.74, 6) is 0. The minimum Gasteiger partial charge on any atom is -0.313 e. The van der Waals surface area contributed by atoms with Gasteiger partial charge in [0.25, 0.3) is 0 Å². The van der Waals surface area contributed by atoms with Crippen LogP contribution in [-0.4, -0.2) is 26.3 Å². The third kappa shape index (κ3) is 2.50. The molecule has 5 heteroatoms. The van der Waals surface area contributed by atoms with Crippen molar-refractivity contribution in [3.05, 3.63) is 29.8 Å². The van der Waals surface area contributed by atoms with Gasteiger partial charge in [0.2, 0.25) is 0 Å². The monoisotopic (exact) mass is 231 g/mol. The van der Waals surface area contributed by atoms with Crippen molar-refractivity contribution in [2.24, 2.45) is 7.05 Å². The van der Waals surface area contributed by atoms with Crippen LogP contribution in [0.3, 0.4) is 0 Å². The molecule has 2 rings (SSSR count). The Labute approximate surface area is 101 Å². The molecule has 0 aliphatic carbocycles. The van der Waals surface area contributed by atoms with Crippen LogP contribution in [0.5, 0.6) is 0 Å². The normalized spacial score (nSPS) is 10.8. The molecule has 0 saturated heterocycles. The fourth-order valence-corrected chi connectivity index (χ4v) is 1.77. The molecule has 1 N–H and O–H groups in total. The van der Waals surface area contributed by atoms with Crippen molar-refractivity contribution in [3.8, 4) is 11.4 Å². The van der Waals surface area contributed by atoms with E-state index in [1.165, 1.54) is 0 Å². The molecule has 2 heterocycles. The smallest absolute Gasteiger partial charge is 0.117 e. The summed E-state index contributed by atoms with van der Waals surface area (Å²) < 4.78 is 1.82. The molecule has 0 unspecified atom stereocenters. The van der Waals surface area contributed by atoms with E-state index in [-0.39, 0.29) is 0 Å². The van der Waals surface area contributed by atoms with E-state index in [1.807, 2.05) is 24.9 Å². The van der Waals surface area contributed by atoms with Gasteiger partial charge in [0.05, 0.1) is 5.69 Å². The van der Waals surface area contributed by atoms with E-state index in [0.29, 0.717) is 0 Å². The highest BCUT2D eigenvalue weighted by Crippen LogP contribution is 2.21. The summed E-state index contributed by atoms with van der Waals surface area (Å²) in [6.07, 6.45) is 5.42. The Bertz CT molecular complexity index is 503. The zero-order valence-electron chi connectivity index (χ0n) is 10.4. The highest BCUT2D eigenvalue weighted by atomic mass is 15.3. The van der Waals surface area contributed by atoms with Crippen LogP contribution in [0.2, 0.25) is 0 Å². The number of hydrogen-bond donors (Lipinski definition) is 1. The largest absolute Gasteiger partial charge is 0.313 e. The van der Waals surface area contributed by atoms with Gasteiger partial charge in [0.15, 0.2) is 0 Å². The lowest BCUT2D eigenvalue weighted by Gasteiger charge is -2.04. The highest BCUT2D eigenvalue weighted by Gasteiger charge is 2.13. The van der Waals surface area contributed by atoms with Crippen LogP contribution in [0, 0.1) is 6.92 Å². The number of nitrogens with one attached hydrogen (secondary N) is 1. The molecule has 2 aromatic rings. The molecule has 0 radical (unpaired) electrons. The van der Waals surface area contributed by atoms with E-state index in [4.69, 9.17) is 0 Å². The topological polar surface area (TPSA) is 55.6 Å². The molecule has 0 fully saturated rings. The molecule has 0 saturated carbocycles. The van der Waals surface area contributed by atoms with Crippen molar-refractivity contribution in [1.82, 2.24) is 25.1 Å². The predicted octanol–water partition coefficient (Wildman–Crippen LogP) is 1.30. The van der Waals surface area contributed by atoms with Gasteiger partial charge in [-0.15, -0.1) is 0 Å². The molecule has 0 atom stereocenters. The van der Waals surface area contributed by atoms with Crippen LogP contribution < -0.4 is 5.32 Å². The van der Waals surface area contributed by atoms with Gasteiger partial charge < -0.3 is 5.32 Å². The van der Waals surface area contributed by atoms with Crippen LogP contribution in [-0.2, 0) is 13.6 Å². The molecule has 0 amide bonds. The van der Waals surface area contributed by atoms with Crippen LogP contribution >= 0.6 is 0 Å². The first-order chi connectivity index (χ1) is 8.22. The Morgan fingerprint density at radius 2 is 2.00 bits per heavy atom. The number of nitrogens with zero attached hydrogens (tertiary/aromatic N) is 4. The summed E-state index contributed by atoms with van der Waals surface area (Å²) in [5.41, 5.74) is 3.84. The van der Waals surface area contributed by atoms with Gasteiger partial charge in [-0.1, -0.05) is 6.92 Å². The Kier molecular flexibility index (Phi) is 3.49. The second-order valence-electron chi connectivity index (χ2n) is 3.95. The van der Waals surface area contributed by atoms with Gasteiger partial charge in [-0.05, 0) is 13.5 Å². The maximum Gasteiger partial charge on any atom is 0.117 e. The summed E-state index contributed by atoms with van der Waals surface area (Å²) >= 11 is 0. The van der Waals surface area contributed by atoms with E-state index >= 15 is 0 Å². The van der Waals surface area contributed by atoms with Crippen molar-refractivity contribution in [3.63, 3.8) is 0 Å². The van der Waals surface area contributed by atoms with Gasteiger partial charge in [-0.2, -0.15) is 5.10 Å². The van der Waals surface area contributed by atoms with E-state index < -0.39 is 0 Å². The zero-order chi connectivity index (χ0) is 12.3. The van der Waals surface area contributed by atoms with Crippen LogP contribution in [0.4, 0.5) is 0 Å². The summed E-state index contributed by atoms with van der Waals surface area (Å²) in [5, 5.41) is 7.77. The van der Waals surface area contributed by atoms with E-state index in [9.17, 15) is 0 Å². The lowest BCUT2D eigenvalue weighted by atomic mass is 10.1. The van der Waals surface area contributed by atoms with Gasteiger partial charge >= 0.3 is 0 Å². The molecule has 0 spiro atoms. The average Bonchev–Trinajstić information content (AvgIpc) is 2.68. The summed E-state index contributed by atoms with van der Waals surface area (Å²) in [4.78, 5) is 8.62. The minimum absolute atomic E-state index is 0.801. The van der Waals surface area contributed by atoms with Gasteiger partial charge in [0, 0.05) is 37.7 Å². The molecule has 17 heavy (non-hydrogen) atoms. The number of aromatic nitrogens is 4. The minimum atomic E-state index is 0.801. The average molecular weight is 231 g/mol. The second kappa shape index (κ2) is 5.05. The number of rotatable bonds is 4. The van der Waals surface area contributed by atoms with Crippen molar-refractivity contribution < 1.29 is 0 Å². The van der Waals surface area contributed by atoms with Gasteiger partial charge in [-0.25, -0.2) is 0 Å². The molecule has 0 aromatic carbocycles. The quantitative estimate of drug-likeness (QED) is 0.861. The third-order valence-corrected chi connectivity index (χ3v) is 2.58. The predicted molar refractivity (Wildman–Crippen MR) is 66.4 cm³/mol. The van der Waals surface area contributed by atoms with Crippen LogP contribution in [0.1, 0.15) is 18.2 Å². The Morgan fingerprint density at radius 3 is 2.71 bits per heavy atom. The standard InChI is InChI=1S/C12H17N5/c1-4-13-7-10-8-17(3)16-12(10)11-9(2)14-5-6-15-11/h5-6,8,13H,4,7H2,1-3H3. The SMILES string of the molecule is CCNCc1cn(C)nc1-c1nccnc1C. The molecular weight excluding hydrogens is 214 g/mol. The molecular formula is C12H17N5. The number of hydrogen-bond acceptors (Lipinski definition) is 4. The molecule has 0 aliphatic rings. The first-order valence-corrected chi connectivity index (χ1v) is 5.73. The van der Waals surface area contributed by atoms with Crippen LogP contribution in [0.15, 0.2) is 18.6 Å². The molecule has 2 aromatic heterocycles. The highest BCUT2D eigenvalue weighted by molar-refractivity contribution is 5.60. The first-order valence-electron chi connectivity index (χ1n) is 5.73. The fraction of sp³-hybridized carbons (Fsp3) is 0.417. The summed E-state index contributed by atoms with van der Waals surface area (Å²) in [6, 6.07) is 0.